The van der Waals surface area contributed by atoms with Crippen LogP contribution in [0, 0.1) is 0 Å². The Morgan fingerprint density at radius 3 is 2.40 bits per heavy atom. The molecule has 0 saturated carbocycles. The van der Waals surface area contributed by atoms with E-state index in [1.165, 1.54) is 19.2 Å². The topological polar surface area (TPSA) is 92.3 Å². The van der Waals surface area contributed by atoms with Gasteiger partial charge in [0.2, 0.25) is 10.0 Å². The molecule has 2 N–H and O–H groups in total. The van der Waals surface area contributed by atoms with Gasteiger partial charge in [-0.2, -0.15) is 0 Å². The van der Waals surface area contributed by atoms with Crippen LogP contribution in [0.2, 0.25) is 0 Å². The third-order valence-corrected chi connectivity index (χ3v) is 6.07. The van der Waals surface area contributed by atoms with Crippen LogP contribution in [0.15, 0.2) is 29.2 Å². The third kappa shape index (κ3) is 4.77. The fraction of sp³-hybridized carbons (Fsp3) is 0.500. The maximum absolute atomic E-state index is 11.7. The zero-order valence-electron chi connectivity index (χ0n) is 11.8. The largest absolute Gasteiger partial charge is 0.382 e. The third-order valence-electron chi connectivity index (χ3n) is 2.77. The maximum Gasteiger partial charge on any atom is 0.240 e. The summed E-state index contributed by atoms with van der Waals surface area (Å²) in [6.07, 6.45) is 0. The molecule has 0 aliphatic heterocycles. The predicted octanol–water partition coefficient (Wildman–Crippen LogP) is 0.830. The molecule has 1 unspecified atom stereocenters. The molecule has 20 heavy (non-hydrogen) atoms. The van der Waals surface area contributed by atoms with Gasteiger partial charge >= 0.3 is 0 Å². The van der Waals surface area contributed by atoms with E-state index in [4.69, 9.17) is 0 Å². The van der Waals surface area contributed by atoms with Gasteiger partial charge in [-0.25, -0.2) is 21.6 Å². The van der Waals surface area contributed by atoms with Gasteiger partial charge in [-0.15, -0.1) is 0 Å². The Balaban J connectivity index is 2.87. The summed E-state index contributed by atoms with van der Waals surface area (Å²) < 4.78 is 48.6. The maximum atomic E-state index is 11.7. The minimum atomic E-state index is -3.50. The molecule has 0 heterocycles. The van der Waals surface area contributed by atoms with Crippen molar-refractivity contribution in [3.8, 4) is 0 Å². The molecule has 1 aromatic rings. The normalized spacial score (nSPS) is 13.9. The van der Waals surface area contributed by atoms with E-state index in [1.807, 2.05) is 0 Å². The number of sulfonamides is 1. The minimum absolute atomic E-state index is 0.00645. The van der Waals surface area contributed by atoms with Crippen LogP contribution in [0.3, 0.4) is 0 Å². The first-order valence-electron chi connectivity index (χ1n) is 6.21. The van der Waals surface area contributed by atoms with E-state index in [-0.39, 0.29) is 22.4 Å². The van der Waals surface area contributed by atoms with Gasteiger partial charge in [0.15, 0.2) is 9.84 Å². The SMILES string of the molecule is CCS(=O)(=O)CC(C)Nc1cccc(S(=O)(=O)NC)c1. The molecule has 1 aromatic carbocycles. The summed E-state index contributed by atoms with van der Waals surface area (Å²) in [6.45, 7) is 3.34. The lowest BCUT2D eigenvalue weighted by atomic mass is 10.3. The molecule has 6 nitrogen and oxygen atoms in total. The summed E-state index contributed by atoms with van der Waals surface area (Å²) in [5, 5.41) is 3.00. The highest BCUT2D eigenvalue weighted by Gasteiger charge is 2.15. The Morgan fingerprint density at radius 1 is 1.20 bits per heavy atom. The van der Waals surface area contributed by atoms with Crippen LogP contribution < -0.4 is 10.0 Å². The number of rotatable bonds is 7. The lowest BCUT2D eigenvalue weighted by molar-refractivity contribution is 0.587. The summed E-state index contributed by atoms with van der Waals surface area (Å²) in [5.74, 6) is 0.0969. The smallest absolute Gasteiger partial charge is 0.240 e. The highest BCUT2D eigenvalue weighted by molar-refractivity contribution is 7.91. The molecule has 0 aromatic heterocycles. The monoisotopic (exact) mass is 320 g/mol. The van der Waals surface area contributed by atoms with Gasteiger partial charge in [0.1, 0.15) is 0 Å². The molecule has 0 amide bonds. The first-order chi connectivity index (χ1) is 9.20. The van der Waals surface area contributed by atoms with E-state index < -0.39 is 19.9 Å². The van der Waals surface area contributed by atoms with Crippen LogP contribution in [-0.4, -0.2) is 41.4 Å². The molecule has 114 valence electrons. The Hall–Kier alpha value is -1.12. The summed E-state index contributed by atoms with van der Waals surface area (Å²) in [5.41, 5.74) is 0.570. The molecule has 1 rings (SSSR count). The summed E-state index contributed by atoms with van der Waals surface area (Å²) in [7, 11) is -5.24. The number of nitrogens with one attached hydrogen (secondary N) is 2. The van der Waals surface area contributed by atoms with Crippen molar-refractivity contribution in [1.29, 1.82) is 0 Å². The first kappa shape index (κ1) is 16.9. The Labute approximate surface area is 120 Å². The van der Waals surface area contributed by atoms with Crippen LogP contribution in [0.25, 0.3) is 0 Å². The van der Waals surface area contributed by atoms with E-state index in [1.54, 1.807) is 26.0 Å². The molecule has 8 heteroatoms. The fourth-order valence-corrected chi connectivity index (χ4v) is 3.55. The average molecular weight is 320 g/mol. The standard InChI is InChI=1S/C12H20N2O4S2/c1-4-19(15,16)9-10(2)14-11-6-5-7-12(8-11)20(17,18)13-3/h5-8,10,13-14H,4,9H2,1-3H3. The number of sulfone groups is 1. The molecular formula is C12H20N2O4S2. The van der Waals surface area contributed by atoms with Crippen molar-refractivity contribution >= 4 is 25.5 Å². The van der Waals surface area contributed by atoms with E-state index in [0.717, 1.165) is 0 Å². The summed E-state index contributed by atoms with van der Waals surface area (Å²) >= 11 is 0. The molecule has 0 fully saturated rings. The van der Waals surface area contributed by atoms with Gasteiger partial charge in [-0.1, -0.05) is 13.0 Å². The lowest BCUT2D eigenvalue weighted by Crippen LogP contribution is -2.27. The number of benzene rings is 1. The highest BCUT2D eigenvalue weighted by atomic mass is 32.2. The van der Waals surface area contributed by atoms with E-state index in [2.05, 4.69) is 10.0 Å². The van der Waals surface area contributed by atoms with Crippen molar-refractivity contribution in [2.45, 2.75) is 24.8 Å². The fourth-order valence-electron chi connectivity index (χ4n) is 1.70. The number of anilines is 1. The predicted molar refractivity (Wildman–Crippen MR) is 80.1 cm³/mol. The Bertz CT molecular complexity index is 654. The van der Waals surface area contributed by atoms with Crippen molar-refractivity contribution in [1.82, 2.24) is 4.72 Å². The Morgan fingerprint density at radius 2 is 1.85 bits per heavy atom. The molecule has 0 saturated heterocycles. The van der Waals surface area contributed by atoms with E-state index in [9.17, 15) is 16.8 Å². The quantitative estimate of drug-likeness (QED) is 0.776. The van der Waals surface area contributed by atoms with Crippen LogP contribution in [0.4, 0.5) is 5.69 Å². The molecule has 0 bridgehead atoms. The van der Waals surface area contributed by atoms with Gasteiger partial charge < -0.3 is 5.32 Å². The van der Waals surface area contributed by atoms with Gasteiger partial charge in [0, 0.05) is 17.5 Å². The van der Waals surface area contributed by atoms with Crippen molar-refractivity contribution in [2.75, 3.05) is 23.9 Å². The molecule has 1 atom stereocenters. The average Bonchev–Trinajstić information content (AvgIpc) is 2.38. The number of hydrogen-bond donors (Lipinski definition) is 2. The van der Waals surface area contributed by atoms with Gasteiger partial charge in [0.05, 0.1) is 10.6 Å². The second-order valence-corrected chi connectivity index (χ2v) is 8.76. The van der Waals surface area contributed by atoms with Crippen LogP contribution in [0.1, 0.15) is 13.8 Å². The van der Waals surface area contributed by atoms with Gasteiger partial charge in [-0.05, 0) is 32.2 Å². The summed E-state index contributed by atoms with van der Waals surface area (Å²) in [6, 6.07) is 5.95. The van der Waals surface area contributed by atoms with Crippen molar-refractivity contribution < 1.29 is 16.8 Å². The van der Waals surface area contributed by atoms with Crippen LogP contribution in [-0.2, 0) is 19.9 Å². The van der Waals surface area contributed by atoms with Crippen LogP contribution in [0.5, 0.6) is 0 Å². The summed E-state index contributed by atoms with van der Waals surface area (Å²) in [4.78, 5) is 0.135. The highest BCUT2D eigenvalue weighted by Crippen LogP contribution is 2.16. The molecule has 0 aliphatic rings. The molecule has 0 aliphatic carbocycles. The number of hydrogen-bond acceptors (Lipinski definition) is 5. The zero-order valence-corrected chi connectivity index (χ0v) is 13.4. The minimum Gasteiger partial charge on any atom is -0.382 e. The molecule has 0 radical (unpaired) electrons. The zero-order chi connectivity index (χ0) is 15.4. The van der Waals surface area contributed by atoms with Gasteiger partial charge in [-0.3, -0.25) is 0 Å². The van der Waals surface area contributed by atoms with Crippen LogP contribution >= 0.6 is 0 Å². The van der Waals surface area contributed by atoms with Crippen molar-refractivity contribution in [3.05, 3.63) is 24.3 Å². The van der Waals surface area contributed by atoms with Gasteiger partial charge in [0.25, 0.3) is 0 Å². The second kappa shape index (κ2) is 6.55. The van der Waals surface area contributed by atoms with Crippen molar-refractivity contribution in [3.63, 3.8) is 0 Å². The lowest BCUT2D eigenvalue weighted by Gasteiger charge is -2.15. The Kier molecular flexibility index (Phi) is 5.55. The first-order valence-corrected chi connectivity index (χ1v) is 9.51. The van der Waals surface area contributed by atoms with E-state index in [0.29, 0.717) is 5.69 Å². The second-order valence-electron chi connectivity index (χ2n) is 4.48. The van der Waals surface area contributed by atoms with E-state index >= 15 is 0 Å². The molecular weight excluding hydrogens is 300 g/mol. The molecule has 0 spiro atoms. The van der Waals surface area contributed by atoms with Crippen molar-refractivity contribution in [2.24, 2.45) is 0 Å².